The maximum Gasteiger partial charge on any atom is 0.286 e. The third kappa shape index (κ3) is 3.19. The molecule has 1 aromatic heterocycles. The normalized spacial score (nSPS) is 10.2. The van der Waals surface area contributed by atoms with Gasteiger partial charge < -0.3 is 11.1 Å². The van der Waals surface area contributed by atoms with Crippen LogP contribution in [0.3, 0.4) is 0 Å². The zero-order valence-corrected chi connectivity index (χ0v) is 11.5. The van der Waals surface area contributed by atoms with Crippen LogP contribution in [0.2, 0.25) is 9.49 Å². The first-order valence-electron chi connectivity index (χ1n) is 4.87. The fourth-order valence-electron chi connectivity index (χ4n) is 1.27. The first kappa shape index (κ1) is 13.7. The number of carbonyl (C=O) groups is 2. The van der Waals surface area contributed by atoms with Crippen LogP contribution < -0.4 is 11.1 Å². The van der Waals surface area contributed by atoms with Crippen molar-refractivity contribution in [1.29, 1.82) is 0 Å². The fourth-order valence-corrected chi connectivity index (χ4v) is 2.27. The number of primary amides is 1. The zero-order chi connectivity index (χ0) is 14.0. The van der Waals surface area contributed by atoms with Gasteiger partial charge in [-0.3, -0.25) is 9.59 Å². The van der Waals surface area contributed by atoms with E-state index in [2.05, 4.69) is 15.5 Å². The van der Waals surface area contributed by atoms with Gasteiger partial charge in [0.25, 0.3) is 5.91 Å². The van der Waals surface area contributed by atoms with E-state index in [-0.39, 0.29) is 20.1 Å². The molecule has 0 radical (unpaired) electrons. The number of carbonyl (C=O) groups excluding carboxylic acids is 2. The Hall–Kier alpha value is -1.70. The third-order valence-electron chi connectivity index (χ3n) is 2.09. The van der Waals surface area contributed by atoms with Crippen LogP contribution in [0.1, 0.15) is 20.2 Å². The Morgan fingerprint density at radius 2 is 2.00 bits per heavy atom. The predicted molar refractivity (Wildman–Crippen MR) is 72.8 cm³/mol. The lowest BCUT2D eigenvalue weighted by atomic mass is 10.2. The van der Waals surface area contributed by atoms with Gasteiger partial charge >= 0.3 is 0 Å². The molecule has 0 saturated carbocycles. The molecule has 0 saturated heterocycles. The minimum Gasteiger partial charge on any atom is -0.366 e. The molecule has 0 fully saturated rings. The minimum atomic E-state index is -0.640. The molecule has 0 atom stereocenters. The number of hydrogen-bond acceptors (Lipinski definition) is 5. The topological polar surface area (TPSA) is 98.0 Å². The summed E-state index contributed by atoms with van der Waals surface area (Å²) in [6.07, 6.45) is 0. The van der Waals surface area contributed by atoms with Crippen molar-refractivity contribution in [2.75, 3.05) is 5.32 Å². The number of nitrogens with one attached hydrogen (secondary N) is 1. The van der Waals surface area contributed by atoms with E-state index in [4.69, 9.17) is 28.9 Å². The first-order valence-corrected chi connectivity index (χ1v) is 6.44. The third-order valence-corrected chi connectivity index (χ3v) is 3.42. The molecule has 0 aliphatic rings. The molecule has 9 heteroatoms. The number of nitrogens with two attached hydrogens (primary N) is 1. The summed E-state index contributed by atoms with van der Waals surface area (Å²) in [7, 11) is 0. The largest absolute Gasteiger partial charge is 0.366 e. The number of nitrogens with zero attached hydrogens (tertiary/aromatic N) is 2. The van der Waals surface area contributed by atoms with Crippen molar-refractivity contribution in [3.63, 3.8) is 0 Å². The number of anilines is 1. The molecule has 0 bridgehead atoms. The fraction of sp³-hybridized carbons (Fsp3) is 0. The van der Waals surface area contributed by atoms with Crippen LogP contribution in [-0.2, 0) is 0 Å². The highest BCUT2D eigenvalue weighted by Gasteiger charge is 2.13. The number of rotatable bonds is 3. The molecule has 0 aliphatic carbocycles. The highest BCUT2D eigenvalue weighted by atomic mass is 35.5. The Balaban J connectivity index is 2.18. The molecule has 2 amide bonds. The maximum absolute atomic E-state index is 11.8. The average Bonchev–Trinajstić information content (AvgIpc) is 2.75. The maximum atomic E-state index is 11.8. The smallest absolute Gasteiger partial charge is 0.286 e. The number of hydrogen-bond donors (Lipinski definition) is 2. The summed E-state index contributed by atoms with van der Waals surface area (Å²) < 4.78 is 0.173. The Labute approximate surface area is 121 Å². The van der Waals surface area contributed by atoms with E-state index in [1.165, 1.54) is 18.2 Å². The van der Waals surface area contributed by atoms with Crippen LogP contribution in [0.5, 0.6) is 0 Å². The van der Waals surface area contributed by atoms with Crippen molar-refractivity contribution in [2.24, 2.45) is 5.73 Å². The van der Waals surface area contributed by atoms with Gasteiger partial charge in [0.05, 0.1) is 10.6 Å². The summed E-state index contributed by atoms with van der Waals surface area (Å²) in [4.78, 5) is 22.8. The second kappa shape index (κ2) is 5.52. The van der Waals surface area contributed by atoms with Crippen LogP contribution in [-0.4, -0.2) is 22.0 Å². The SMILES string of the molecule is NC(=O)c1ccc(NC(=O)c2nnc(Cl)s2)cc1Cl. The highest BCUT2D eigenvalue weighted by molar-refractivity contribution is 7.17. The van der Waals surface area contributed by atoms with Crippen LogP contribution in [0.25, 0.3) is 0 Å². The molecule has 6 nitrogen and oxygen atoms in total. The second-order valence-corrected chi connectivity index (χ2v) is 5.34. The average molecular weight is 317 g/mol. The summed E-state index contributed by atoms with van der Waals surface area (Å²) in [5.74, 6) is -1.11. The van der Waals surface area contributed by atoms with Gasteiger partial charge in [0.2, 0.25) is 15.4 Å². The Morgan fingerprint density at radius 1 is 1.26 bits per heavy atom. The van der Waals surface area contributed by atoms with Gasteiger partial charge in [-0.05, 0) is 29.8 Å². The molecule has 3 N–H and O–H groups in total. The van der Waals surface area contributed by atoms with E-state index in [1.54, 1.807) is 0 Å². The molecular weight excluding hydrogens is 311 g/mol. The van der Waals surface area contributed by atoms with Gasteiger partial charge in [0.1, 0.15) is 0 Å². The Bertz CT molecular complexity index is 659. The summed E-state index contributed by atoms with van der Waals surface area (Å²) in [6, 6.07) is 4.35. The molecule has 1 heterocycles. The molecule has 98 valence electrons. The standard InChI is InChI=1S/C10H6Cl2N4O2S/c11-6-3-4(1-2-5(6)7(13)17)14-8(18)9-15-16-10(12)19-9/h1-3H,(H2,13,17)(H,14,18). The second-order valence-electron chi connectivity index (χ2n) is 3.37. The van der Waals surface area contributed by atoms with Gasteiger partial charge in [-0.2, -0.15) is 0 Å². The van der Waals surface area contributed by atoms with Crippen LogP contribution in [0, 0.1) is 0 Å². The molecule has 19 heavy (non-hydrogen) atoms. The van der Waals surface area contributed by atoms with Crippen LogP contribution in [0.4, 0.5) is 5.69 Å². The van der Waals surface area contributed by atoms with E-state index in [1.807, 2.05) is 0 Å². The van der Waals surface area contributed by atoms with E-state index < -0.39 is 11.8 Å². The van der Waals surface area contributed by atoms with Gasteiger partial charge in [-0.25, -0.2) is 0 Å². The lowest BCUT2D eigenvalue weighted by Gasteiger charge is -2.05. The summed E-state index contributed by atoms with van der Waals surface area (Å²) in [5, 5.41) is 9.95. The molecule has 2 aromatic rings. The molecule has 0 aliphatic heterocycles. The van der Waals surface area contributed by atoms with Gasteiger partial charge in [0.15, 0.2) is 0 Å². The number of aromatic nitrogens is 2. The van der Waals surface area contributed by atoms with Crippen molar-refractivity contribution < 1.29 is 9.59 Å². The number of benzene rings is 1. The molecule has 1 aromatic carbocycles. The number of amides is 2. The quantitative estimate of drug-likeness (QED) is 0.906. The summed E-state index contributed by atoms with van der Waals surface area (Å²) in [5.41, 5.74) is 5.71. The van der Waals surface area contributed by atoms with E-state index >= 15 is 0 Å². The molecule has 2 rings (SSSR count). The molecule has 0 spiro atoms. The van der Waals surface area contributed by atoms with Crippen molar-refractivity contribution in [3.8, 4) is 0 Å². The van der Waals surface area contributed by atoms with E-state index in [0.29, 0.717) is 5.69 Å². The number of halogens is 2. The lowest BCUT2D eigenvalue weighted by molar-refractivity contribution is 0.0998. The zero-order valence-electron chi connectivity index (χ0n) is 9.18. The van der Waals surface area contributed by atoms with Crippen molar-refractivity contribution in [2.45, 2.75) is 0 Å². The summed E-state index contributed by atoms with van der Waals surface area (Å²) >= 11 is 12.4. The van der Waals surface area contributed by atoms with E-state index in [9.17, 15) is 9.59 Å². The van der Waals surface area contributed by atoms with Crippen molar-refractivity contribution >= 4 is 52.0 Å². The van der Waals surface area contributed by atoms with Crippen LogP contribution >= 0.6 is 34.5 Å². The van der Waals surface area contributed by atoms with E-state index in [0.717, 1.165) is 11.3 Å². The highest BCUT2D eigenvalue weighted by Crippen LogP contribution is 2.22. The van der Waals surface area contributed by atoms with Gasteiger partial charge in [-0.15, -0.1) is 10.2 Å². The minimum absolute atomic E-state index is 0.125. The van der Waals surface area contributed by atoms with Crippen molar-refractivity contribution in [3.05, 3.63) is 38.3 Å². The Morgan fingerprint density at radius 3 is 2.53 bits per heavy atom. The van der Waals surface area contributed by atoms with Crippen LogP contribution in [0.15, 0.2) is 18.2 Å². The predicted octanol–water partition coefficient (Wildman–Crippen LogP) is 2.20. The van der Waals surface area contributed by atoms with Gasteiger partial charge in [0, 0.05) is 5.69 Å². The summed E-state index contributed by atoms with van der Waals surface area (Å²) in [6.45, 7) is 0. The monoisotopic (exact) mass is 316 g/mol. The van der Waals surface area contributed by atoms with Gasteiger partial charge in [-0.1, -0.05) is 22.9 Å². The first-order chi connectivity index (χ1) is 8.97. The lowest BCUT2D eigenvalue weighted by Crippen LogP contribution is -2.14. The Kier molecular flexibility index (Phi) is 3.98. The molecular formula is C10H6Cl2N4O2S. The van der Waals surface area contributed by atoms with Crippen molar-refractivity contribution in [1.82, 2.24) is 10.2 Å². The molecule has 0 unspecified atom stereocenters.